The Morgan fingerprint density at radius 3 is 2.19 bits per heavy atom. The van der Waals surface area contributed by atoms with Gasteiger partial charge in [0.1, 0.15) is 11.6 Å². The Hall–Kier alpha value is -2.98. The van der Waals surface area contributed by atoms with Gasteiger partial charge in [-0.25, -0.2) is 4.98 Å². The SMILES string of the molecule is O=C(Cc1ccc(OC(F)(F)F)cc1)NC1CCN(c2ccc(C(F)(F)F)cn2)CC1. The summed E-state index contributed by atoms with van der Waals surface area (Å²) in [6.07, 6.45) is -7.22. The molecule has 1 N–H and O–H groups in total. The van der Waals surface area contributed by atoms with Crippen molar-refractivity contribution in [3.63, 3.8) is 0 Å². The van der Waals surface area contributed by atoms with E-state index in [0.29, 0.717) is 37.3 Å². The van der Waals surface area contributed by atoms with Crippen LogP contribution >= 0.6 is 0 Å². The fourth-order valence-electron chi connectivity index (χ4n) is 3.27. The Kier molecular flexibility index (Phi) is 6.61. The van der Waals surface area contributed by atoms with Crippen molar-refractivity contribution in [2.24, 2.45) is 0 Å². The van der Waals surface area contributed by atoms with Gasteiger partial charge in [-0.15, -0.1) is 13.2 Å². The summed E-state index contributed by atoms with van der Waals surface area (Å²) in [6, 6.07) is 7.27. The maximum atomic E-state index is 12.6. The number of rotatable bonds is 5. The number of nitrogens with zero attached hydrogens (tertiary/aromatic N) is 2. The first-order valence-corrected chi connectivity index (χ1v) is 9.42. The Bertz CT molecular complexity index is 874. The summed E-state index contributed by atoms with van der Waals surface area (Å²) in [7, 11) is 0. The number of piperidine rings is 1. The van der Waals surface area contributed by atoms with E-state index in [1.165, 1.54) is 18.2 Å². The molecule has 1 aromatic heterocycles. The maximum absolute atomic E-state index is 12.6. The molecule has 2 heterocycles. The molecule has 1 aromatic carbocycles. The predicted octanol–water partition coefficient (Wildman–Crippen LogP) is 4.33. The molecule has 0 bridgehead atoms. The minimum atomic E-state index is -4.77. The van der Waals surface area contributed by atoms with E-state index in [9.17, 15) is 31.1 Å². The number of carbonyl (C=O) groups is 1. The van der Waals surface area contributed by atoms with Gasteiger partial charge in [0.05, 0.1) is 12.0 Å². The van der Waals surface area contributed by atoms with Gasteiger partial charge in [-0.2, -0.15) is 13.2 Å². The van der Waals surface area contributed by atoms with Crippen LogP contribution in [-0.2, 0) is 17.4 Å². The first-order chi connectivity index (χ1) is 14.5. The second-order valence-electron chi connectivity index (χ2n) is 7.10. The second-order valence-corrected chi connectivity index (χ2v) is 7.10. The fourth-order valence-corrected chi connectivity index (χ4v) is 3.27. The van der Waals surface area contributed by atoms with Gasteiger partial charge >= 0.3 is 12.5 Å². The van der Waals surface area contributed by atoms with E-state index in [1.54, 1.807) is 0 Å². The van der Waals surface area contributed by atoms with Crippen molar-refractivity contribution in [2.45, 2.75) is 37.8 Å². The van der Waals surface area contributed by atoms with Crippen molar-refractivity contribution in [1.82, 2.24) is 10.3 Å². The molecule has 0 aliphatic carbocycles. The lowest BCUT2D eigenvalue weighted by molar-refractivity contribution is -0.274. The number of benzene rings is 1. The van der Waals surface area contributed by atoms with Gasteiger partial charge in [-0.3, -0.25) is 4.79 Å². The fraction of sp³-hybridized carbons (Fsp3) is 0.400. The van der Waals surface area contributed by atoms with Crippen molar-refractivity contribution in [2.75, 3.05) is 18.0 Å². The summed E-state index contributed by atoms with van der Waals surface area (Å²) in [5, 5.41) is 2.88. The van der Waals surface area contributed by atoms with Crippen LogP contribution < -0.4 is 15.0 Å². The van der Waals surface area contributed by atoms with Crippen LogP contribution in [-0.4, -0.2) is 36.4 Å². The van der Waals surface area contributed by atoms with Crippen molar-refractivity contribution in [1.29, 1.82) is 0 Å². The molecule has 0 unspecified atom stereocenters. The summed E-state index contributed by atoms with van der Waals surface area (Å²) in [5.74, 6) is -0.185. The molecule has 3 rings (SSSR count). The number of anilines is 1. The molecule has 2 aromatic rings. The van der Waals surface area contributed by atoms with Crippen LogP contribution in [0.1, 0.15) is 24.0 Å². The summed E-state index contributed by atoms with van der Waals surface area (Å²) >= 11 is 0. The van der Waals surface area contributed by atoms with Crippen molar-refractivity contribution >= 4 is 11.7 Å². The summed E-state index contributed by atoms with van der Waals surface area (Å²) in [6.45, 7) is 1.04. The normalized spacial score (nSPS) is 15.6. The molecule has 168 valence electrons. The monoisotopic (exact) mass is 447 g/mol. The molecule has 1 aliphatic rings. The molecule has 1 fully saturated rings. The largest absolute Gasteiger partial charge is 0.573 e. The van der Waals surface area contributed by atoms with Gasteiger partial charge in [0, 0.05) is 25.3 Å². The number of nitrogens with one attached hydrogen (secondary N) is 1. The lowest BCUT2D eigenvalue weighted by Gasteiger charge is -2.33. The van der Waals surface area contributed by atoms with E-state index < -0.39 is 18.1 Å². The first-order valence-electron chi connectivity index (χ1n) is 9.42. The van der Waals surface area contributed by atoms with E-state index in [1.807, 2.05) is 4.90 Å². The number of alkyl halides is 6. The number of amides is 1. The zero-order valence-electron chi connectivity index (χ0n) is 16.1. The van der Waals surface area contributed by atoms with E-state index in [-0.39, 0.29) is 24.1 Å². The molecular weight excluding hydrogens is 428 g/mol. The van der Waals surface area contributed by atoms with Crippen LogP contribution in [0.5, 0.6) is 5.75 Å². The number of carbonyl (C=O) groups excluding carboxylic acids is 1. The highest BCUT2D eigenvalue weighted by atomic mass is 19.4. The molecule has 1 saturated heterocycles. The number of halogens is 6. The third-order valence-corrected chi connectivity index (χ3v) is 4.78. The van der Waals surface area contributed by atoms with Gasteiger partial charge in [0.25, 0.3) is 0 Å². The highest BCUT2D eigenvalue weighted by Crippen LogP contribution is 2.30. The predicted molar refractivity (Wildman–Crippen MR) is 99.4 cm³/mol. The Morgan fingerprint density at radius 1 is 1.03 bits per heavy atom. The molecule has 5 nitrogen and oxygen atoms in total. The lowest BCUT2D eigenvalue weighted by atomic mass is 10.0. The molecule has 0 atom stereocenters. The summed E-state index contributed by atoms with van der Waals surface area (Å²) in [5.41, 5.74) is -0.269. The van der Waals surface area contributed by atoms with E-state index in [4.69, 9.17) is 0 Å². The zero-order chi connectivity index (χ0) is 22.6. The zero-order valence-corrected chi connectivity index (χ0v) is 16.1. The average molecular weight is 447 g/mol. The lowest BCUT2D eigenvalue weighted by Crippen LogP contribution is -2.45. The maximum Gasteiger partial charge on any atom is 0.573 e. The van der Waals surface area contributed by atoms with Gasteiger partial charge in [-0.1, -0.05) is 12.1 Å². The molecule has 1 amide bonds. The van der Waals surface area contributed by atoms with E-state index in [2.05, 4.69) is 15.0 Å². The standard InChI is InChI=1S/C20H19F6N3O2/c21-19(22,23)14-3-6-17(27-12-14)29-9-7-15(8-10-29)28-18(30)11-13-1-4-16(5-2-13)31-20(24,25)26/h1-6,12,15H,7-11H2,(H,28,30). The van der Waals surface area contributed by atoms with Crippen molar-refractivity contribution in [3.8, 4) is 5.75 Å². The van der Waals surface area contributed by atoms with Gasteiger partial charge in [0.15, 0.2) is 0 Å². The van der Waals surface area contributed by atoms with E-state index in [0.717, 1.165) is 24.4 Å². The van der Waals surface area contributed by atoms with E-state index >= 15 is 0 Å². The number of hydrogen-bond donors (Lipinski definition) is 1. The van der Waals surface area contributed by atoms with Gasteiger partial charge < -0.3 is 15.0 Å². The third kappa shape index (κ3) is 6.76. The second kappa shape index (κ2) is 9.03. The molecule has 31 heavy (non-hydrogen) atoms. The highest BCUT2D eigenvalue weighted by molar-refractivity contribution is 5.78. The van der Waals surface area contributed by atoms with Crippen molar-refractivity contribution < 1.29 is 35.9 Å². The summed E-state index contributed by atoms with van der Waals surface area (Å²) < 4.78 is 78.2. The summed E-state index contributed by atoms with van der Waals surface area (Å²) in [4.78, 5) is 17.9. The van der Waals surface area contributed by atoms with Crippen molar-refractivity contribution in [3.05, 3.63) is 53.7 Å². The number of pyridine rings is 1. The smallest absolute Gasteiger partial charge is 0.406 e. The Labute approximate surface area is 174 Å². The Morgan fingerprint density at radius 2 is 1.68 bits per heavy atom. The van der Waals surface area contributed by atoms with Crippen LogP contribution in [0, 0.1) is 0 Å². The van der Waals surface area contributed by atoms with Crippen LogP contribution in [0.4, 0.5) is 32.2 Å². The molecule has 0 radical (unpaired) electrons. The molecule has 0 saturated carbocycles. The van der Waals surface area contributed by atoms with Crippen LogP contribution in [0.3, 0.4) is 0 Å². The molecule has 1 aliphatic heterocycles. The van der Waals surface area contributed by atoms with Gasteiger partial charge in [-0.05, 0) is 42.7 Å². The number of aromatic nitrogens is 1. The van der Waals surface area contributed by atoms with Crippen LogP contribution in [0.15, 0.2) is 42.6 Å². The topological polar surface area (TPSA) is 54.5 Å². The highest BCUT2D eigenvalue weighted by Gasteiger charge is 2.32. The minimum absolute atomic E-state index is 0.00692. The van der Waals surface area contributed by atoms with Gasteiger partial charge in [0.2, 0.25) is 5.91 Å². The quantitative estimate of drug-likeness (QED) is 0.694. The van der Waals surface area contributed by atoms with Crippen LogP contribution in [0.25, 0.3) is 0 Å². The minimum Gasteiger partial charge on any atom is -0.406 e. The molecule has 11 heteroatoms. The Balaban J connectivity index is 1.45. The first kappa shape index (κ1) is 22.7. The third-order valence-electron chi connectivity index (χ3n) is 4.78. The molecule has 0 spiro atoms. The van der Waals surface area contributed by atoms with Crippen LogP contribution in [0.2, 0.25) is 0 Å². The number of hydrogen-bond acceptors (Lipinski definition) is 4. The molecular formula is C20H19F6N3O2. The number of ether oxygens (including phenoxy) is 1. The average Bonchev–Trinajstić information content (AvgIpc) is 2.68.